The lowest BCUT2D eigenvalue weighted by Gasteiger charge is -2.36. The minimum absolute atomic E-state index is 0.0770. The van der Waals surface area contributed by atoms with Crippen molar-refractivity contribution in [2.24, 2.45) is 5.73 Å². The van der Waals surface area contributed by atoms with Gasteiger partial charge in [0.2, 0.25) is 11.8 Å². The van der Waals surface area contributed by atoms with Gasteiger partial charge in [-0.2, -0.15) is 0 Å². The smallest absolute Gasteiger partial charge is 0.340 e. The highest BCUT2D eigenvalue weighted by Crippen LogP contribution is 2.54. The molecule has 0 saturated carbocycles. The Balaban J connectivity index is 2.49. The quantitative estimate of drug-likeness (QED) is 0.386. The molecule has 1 spiro atoms. The van der Waals surface area contributed by atoms with E-state index in [2.05, 4.69) is 6.58 Å². The van der Waals surface area contributed by atoms with Gasteiger partial charge in [0, 0.05) is 17.8 Å². The van der Waals surface area contributed by atoms with Gasteiger partial charge in [0.05, 0.1) is 21.3 Å². The van der Waals surface area contributed by atoms with Crippen LogP contribution in [0.3, 0.4) is 0 Å². The van der Waals surface area contributed by atoms with Gasteiger partial charge >= 0.3 is 17.9 Å². The molecule has 1 aromatic carbocycles. The van der Waals surface area contributed by atoms with Crippen molar-refractivity contribution in [3.8, 4) is 0 Å². The Kier molecular flexibility index (Phi) is 6.06. The molecule has 2 heterocycles. The van der Waals surface area contributed by atoms with Gasteiger partial charge in [0.1, 0.15) is 28.7 Å². The number of anilines is 1. The lowest BCUT2D eigenvalue weighted by atomic mass is 9.67. The number of nitrogens with two attached hydrogens (primary N) is 1. The number of para-hydroxylation sites is 1. The normalized spacial score (nSPS) is 19.5. The third-order valence-corrected chi connectivity index (χ3v) is 5.30. The Labute approximate surface area is 183 Å². The molecule has 2 aliphatic rings. The summed E-state index contributed by atoms with van der Waals surface area (Å²) in [5.41, 5.74) is 3.98. The molecule has 0 radical (unpaired) electrons. The summed E-state index contributed by atoms with van der Waals surface area (Å²) in [5, 5.41) is 0. The minimum atomic E-state index is -2.06. The molecule has 1 aromatic rings. The topological polar surface area (TPSA) is 134 Å². The zero-order valence-electron chi connectivity index (χ0n) is 17.8. The van der Waals surface area contributed by atoms with Crippen LogP contribution in [0.1, 0.15) is 12.0 Å². The van der Waals surface area contributed by atoms with Gasteiger partial charge in [-0.1, -0.05) is 24.3 Å². The number of amides is 1. The van der Waals surface area contributed by atoms with Crippen molar-refractivity contribution in [2.75, 3.05) is 32.8 Å². The third kappa shape index (κ3) is 3.11. The molecule has 2 N–H and O–H groups in total. The van der Waals surface area contributed by atoms with Crippen molar-refractivity contribution < 1.29 is 38.1 Å². The van der Waals surface area contributed by atoms with E-state index < -0.39 is 47.1 Å². The van der Waals surface area contributed by atoms with Gasteiger partial charge in [-0.05, 0) is 6.07 Å². The molecular formula is C22H22N2O8. The van der Waals surface area contributed by atoms with Crippen LogP contribution in [-0.2, 0) is 43.5 Å². The van der Waals surface area contributed by atoms with E-state index in [1.807, 2.05) is 0 Å². The van der Waals surface area contributed by atoms with Crippen LogP contribution in [0.5, 0.6) is 0 Å². The van der Waals surface area contributed by atoms with Gasteiger partial charge in [-0.15, -0.1) is 6.58 Å². The second-order valence-electron chi connectivity index (χ2n) is 6.85. The molecule has 0 aromatic heterocycles. The molecule has 168 valence electrons. The SMILES string of the molecule is C=CCN1C(=O)[C@@]2(C(C(=O)OC)=C(N)OC(CC(=O)OC)=C2C(=O)OC)c2ccccc21. The first-order chi connectivity index (χ1) is 15.3. The Morgan fingerprint density at radius 3 is 2.31 bits per heavy atom. The number of hydrogen-bond donors (Lipinski definition) is 1. The lowest BCUT2D eigenvalue weighted by Crippen LogP contribution is -2.51. The van der Waals surface area contributed by atoms with Gasteiger partial charge in [0.15, 0.2) is 0 Å². The predicted molar refractivity (Wildman–Crippen MR) is 111 cm³/mol. The Hall–Kier alpha value is -4.08. The average molecular weight is 442 g/mol. The molecule has 0 fully saturated rings. The molecule has 10 heteroatoms. The molecule has 1 amide bonds. The van der Waals surface area contributed by atoms with Crippen LogP contribution in [0.25, 0.3) is 0 Å². The zero-order chi connectivity index (χ0) is 23.6. The van der Waals surface area contributed by atoms with Gasteiger partial charge in [0.25, 0.3) is 0 Å². The van der Waals surface area contributed by atoms with E-state index in [-0.39, 0.29) is 23.4 Å². The summed E-state index contributed by atoms with van der Waals surface area (Å²) in [6.07, 6.45) is 0.962. The van der Waals surface area contributed by atoms with Gasteiger partial charge < -0.3 is 29.6 Å². The number of rotatable bonds is 6. The zero-order valence-corrected chi connectivity index (χ0v) is 17.8. The van der Waals surface area contributed by atoms with Crippen LogP contribution in [-0.4, -0.2) is 51.7 Å². The summed E-state index contributed by atoms with van der Waals surface area (Å²) in [7, 11) is 3.36. The van der Waals surface area contributed by atoms with Crippen LogP contribution in [0.4, 0.5) is 5.69 Å². The molecule has 0 aliphatic carbocycles. The first kappa shape index (κ1) is 22.6. The Morgan fingerprint density at radius 2 is 1.72 bits per heavy atom. The van der Waals surface area contributed by atoms with E-state index in [9.17, 15) is 19.2 Å². The minimum Gasteiger partial charge on any atom is -0.469 e. The molecule has 10 nitrogen and oxygen atoms in total. The molecule has 1 atom stereocenters. The number of carbonyl (C=O) groups excluding carboxylic acids is 4. The summed E-state index contributed by atoms with van der Waals surface area (Å²) >= 11 is 0. The fourth-order valence-corrected chi connectivity index (χ4v) is 4.05. The number of ether oxygens (including phenoxy) is 4. The number of nitrogens with zero attached hydrogens (tertiary/aromatic N) is 1. The first-order valence-corrected chi connectivity index (χ1v) is 9.46. The highest BCUT2D eigenvalue weighted by atomic mass is 16.5. The van der Waals surface area contributed by atoms with Crippen molar-refractivity contribution in [3.05, 3.63) is 65.3 Å². The number of esters is 3. The van der Waals surface area contributed by atoms with Crippen LogP contribution in [0.15, 0.2) is 59.7 Å². The number of benzene rings is 1. The molecule has 0 saturated heterocycles. The monoisotopic (exact) mass is 442 g/mol. The number of fused-ring (bicyclic) bond motifs is 2. The van der Waals surface area contributed by atoms with Crippen LogP contribution in [0, 0.1) is 0 Å². The summed E-state index contributed by atoms with van der Waals surface area (Å²) in [6.45, 7) is 3.75. The third-order valence-electron chi connectivity index (χ3n) is 5.30. The van der Waals surface area contributed by atoms with Crippen molar-refractivity contribution in [3.63, 3.8) is 0 Å². The first-order valence-electron chi connectivity index (χ1n) is 9.46. The van der Waals surface area contributed by atoms with Crippen molar-refractivity contribution in [1.82, 2.24) is 0 Å². The number of methoxy groups -OCH3 is 3. The lowest BCUT2D eigenvalue weighted by molar-refractivity contribution is -0.141. The van der Waals surface area contributed by atoms with E-state index in [1.165, 1.54) is 11.0 Å². The molecule has 2 aliphatic heterocycles. The summed E-state index contributed by atoms with van der Waals surface area (Å²) in [4.78, 5) is 53.4. The van der Waals surface area contributed by atoms with Gasteiger partial charge in [-0.3, -0.25) is 9.59 Å². The van der Waals surface area contributed by atoms with Crippen molar-refractivity contribution in [2.45, 2.75) is 11.8 Å². The van der Waals surface area contributed by atoms with Crippen LogP contribution < -0.4 is 10.6 Å². The fourth-order valence-electron chi connectivity index (χ4n) is 4.05. The second kappa shape index (κ2) is 8.58. The molecule has 32 heavy (non-hydrogen) atoms. The van der Waals surface area contributed by atoms with Crippen LogP contribution >= 0.6 is 0 Å². The van der Waals surface area contributed by atoms with E-state index in [4.69, 9.17) is 24.7 Å². The van der Waals surface area contributed by atoms with Gasteiger partial charge in [-0.25, -0.2) is 9.59 Å². The maximum Gasteiger partial charge on any atom is 0.340 e. The average Bonchev–Trinajstić information content (AvgIpc) is 3.02. The molecular weight excluding hydrogens is 420 g/mol. The largest absolute Gasteiger partial charge is 0.469 e. The highest BCUT2D eigenvalue weighted by Gasteiger charge is 2.64. The summed E-state index contributed by atoms with van der Waals surface area (Å²) in [5.74, 6) is -4.14. The molecule has 0 bridgehead atoms. The number of carbonyl (C=O) groups is 4. The molecule has 0 unspecified atom stereocenters. The Morgan fingerprint density at radius 1 is 1.09 bits per heavy atom. The standard InChI is InChI=1S/C22H22N2O8/c1-5-10-24-13-9-7-6-8-12(13)22(21(24)28)16(19(26)30-3)14(11-15(25)29-2)32-18(23)17(22)20(27)31-4/h5-9H,1,10-11,23H2,2-4H3/t22-/m0/s1. The summed E-state index contributed by atoms with van der Waals surface area (Å²) in [6, 6.07) is 6.57. The number of hydrogen-bond acceptors (Lipinski definition) is 9. The highest BCUT2D eigenvalue weighted by molar-refractivity contribution is 6.22. The molecule has 3 rings (SSSR count). The van der Waals surface area contributed by atoms with Crippen molar-refractivity contribution >= 4 is 29.5 Å². The maximum atomic E-state index is 14.0. The second-order valence-corrected chi connectivity index (χ2v) is 6.85. The maximum absolute atomic E-state index is 14.0. The van der Waals surface area contributed by atoms with E-state index in [1.54, 1.807) is 24.3 Å². The summed E-state index contributed by atoms with van der Waals surface area (Å²) < 4.78 is 20.0. The predicted octanol–water partition coefficient (Wildman–Crippen LogP) is 0.821. The van der Waals surface area contributed by atoms with E-state index in [0.717, 1.165) is 21.3 Å². The Bertz CT molecular complexity index is 1090. The van der Waals surface area contributed by atoms with E-state index in [0.29, 0.717) is 5.69 Å². The van der Waals surface area contributed by atoms with Crippen LogP contribution in [0.2, 0.25) is 0 Å². The van der Waals surface area contributed by atoms with Crippen molar-refractivity contribution in [1.29, 1.82) is 0 Å². The fraction of sp³-hybridized carbons (Fsp3) is 0.273. The van der Waals surface area contributed by atoms with E-state index >= 15 is 0 Å².